The molecule has 254 valence electrons. The van der Waals surface area contributed by atoms with Crippen LogP contribution < -0.4 is 19.9 Å². The molecule has 4 amide bonds. The Kier molecular flexibility index (Phi) is 8.96. The Bertz CT molecular complexity index is 2120. The van der Waals surface area contributed by atoms with E-state index in [-0.39, 0.29) is 24.0 Å². The molecule has 3 aliphatic heterocycles. The Hall–Kier alpha value is -5.18. The number of halogens is 2. The van der Waals surface area contributed by atoms with Crippen molar-refractivity contribution in [1.82, 2.24) is 5.32 Å². The second kappa shape index (κ2) is 13.9. The highest BCUT2D eigenvalue weighted by atomic mass is 79.9. The van der Waals surface area contributed by atoms with Crippen LogP contribution in [0, 0.1) is 0 Å². The molecule has 1 saturated heterocycles. The van der Waals surface area contributed by atoms with Gasteiger partial charge in [0.15, 0.2) is 0 Å². The molecule has 3 heterocycles. The first-order valence-corrected chi connectivity index (χ1v) is 18.1. The van der Waals surface area contributed by atoms with Crippen molar-refractivity contribution < 1.29 is 19.1 Å². The molecule has 1 N–H and O–H groups in total. The van der Waals surface area contributed by atoms with E-state index in [2.05, 4.69) is 50.4 Å². The molecule has 0 saturated carbocycles. The number of imide groups is 2. The number of barbiturate groups is 1. The third-order valence-corrected chi connectivity index (χ3v) is 10.7. The molecule has 5 aromatic carbocycles. The highest BCUT2D eigenvalue weighted by Gasteiger charge is 2.40. The zero-order valence-electron chi connectivity index (χ0n) is 27.5. The number of benzene rings is 5. The summed E-state index contributed by atoms with van der Waals surface area (Å²) in [6, 6.07) is 36.6. The van der Waals surface area contributed by atoms with Gasteiger partial charge in [0.2, 0.25) is 0 Å². The molecule has 8 rings (SSSR count). The van der Waals surface area contributed by atoms with E-state index in [1.54, 1.807) is 18.2 Å². The van der Waals surface area contributed by atoms with E-state index in [1.807, 2.05) is 72.8 Å². The number of urea groups is 1. The highest BCUT2D eigenvalue weighted by Crippen LogP contribution is 2.50. The topological polar surface area (TPSA) is 79.0 Å². The Morgan fingerprint density at radius 2 is 1.39 bits per heavy atom. The molecule has 3 aliphatic rings. The lowest BCUT2D eigenvalue weighted by Gasteiger charge is -2.44. The molecule has 51 heavy (non-hydrogen) atoms. The first-order valence-electron chi connectivity index (χ1n) is 16.9. The molecule has 0 aliphatic carbocycles. The van der Waals surface area contributed by atoms with Gasteiger partial charge < -0.3 is 9.64 Å². The Labute approximate surface area is 309 Å². The highest BCUT2D eigenvalue weighted by molar-refractivity contribution is 9.10. The third-order valence-electron chi connectivity index (χ3n) is 9.94. The number of rotatable bonds is 7. The fourth-order valence-electron chi connectivity index (χ4n) is 7.52. The summed E-state index contributed by atoms with van der Waals surface area (Å²) in [4.78, 5) is 44.9. The van der Waals surface area contributed by atoms with Gasteiger partial charge in [-0.2, -0.15) is 0 Å². The van der Waals surface area contributed by atoms with Gasteiger partial charge in [0, 0.05) is 45.7 Å². The van der Waals surface area contributed by atoms with Crippen LogP contribution in [-0.2, 0) is 16.2 Å². The maximum Gasteiger partial charge on any atom is 0.335 e. The van der Waals surface area contributed by atoms with Gasteiger partial charge in [-0.3, -0.25) is 14.9 Å². The number of hydrogen-bond donors (Lipinski definition) is 1. The Morgan fingerprint density at radius 3 is 2.00 bits per heavy atom. The molecule has 9 heteroatoms. The molecule has 2 atom stereocenters. The van der Waals surface area contributed by atoms with Crippen molar-refractivity contribution in [2.24, 2.45) is 0 Å². The van der Waals surface area contributed by atoms with E-state index in [9.17, 15) is 14.4 Å². The number of nitrogens with zero attached hydrogens (tertiary/aromatic N) is 2. The number of anilines is 2. The van der Waals surface area contributed by atoms with Gasteiger partial charge in [-0.15, -0.1) is 0 Å². The average molecular weight is 759 g/mol. The van der Waals surface area contributed by atoms with Crippen LogP contribution >= 0.6 is 27.5 Å². The summed E-state index contributed by atoms with van der Waals surface area (Å²) in [6.45, 7) is 2.09. The molecule has 5 aromatic rings. The summed E-state index contributed by atoms with van der Waals surface area (Å²) in [7, 11) is 0. The first kappa shape index (κ1) is 33.0. The van der Waals surface area contributed by atoms with Gasteiger partial charge in [-0.25, -0.2) is 9.69 Å². The SMILES string of the molecule is O=C1NC(=O)N(c2cc3c4c(c2)[C@H](c2ccccc2)CCN4CC[C@@H]3c2ccccc2)C(=O)/C1=C/c1cc(Cl)ccc1OCc1ccc(Br)cc1. The third kappa shape index (κ3) is 6.46. The molecule has 0 spiro atoms. The van der Waals surface area contributed by atoms with Crippen LogP contribution in [0.15, 0.2) is 125 Å². The van der Waals surface area contributed by atoms with E-state index in [4.69, 9.17) is 16.3 Å². The quantitative estimate of drug-likeness (QED) is 0.132. The normalized spacial score (nSPS) is 19.2. The van der Waals surface area contributed by atoms with Crippen LogP contribution in [0.4, 0.5) is 16.2 Å². The predicted octanol–water partition coefficient (Wildman–Crippen LogP) is 9.23. The van der Waals surface area contributed by atoms with Crippen molar-refractivity contribution in [3.05, 3.63) is 164 Å². The number of amides is 4. The fraction of sp³-hybridized carbons (Fsp3) is 0.167. The van der Waals surface area contributed by atoms with Gasteiger partial charge >= 0.3 is 6.03 Å². The molecular weight excluding hydrogens is 726 g/mol. The monoisotopic (exact) mass is 757 g/mol. The minimum atomic E-state index is -0.789. The van der Waals surface area contributed by atoms with Crippen molar-refractivity contribution in [2.75, 3.05) is 22.9 Å². The van der Waals surface area contributed by atoms with E-state index >= 15 is 0 Å². The lowest BCUT2D eigenvalue weighted by molar-refractivity contribution is -0.122. The second-order valence-electron chi connectivity index (χ2n) is 13.0. The molecule has 1 fully saturated rings. The maximum absolute atomic E-state index is 14.4. The lowest BCUT2D eigenvalue weighted by atomic mass is 9.76. The van der Waals surface area contributed by atoms with Gasteiger partial charge in [-0.05, 0) is 89.2 Å². The number of ether oxygens (including phenoxy) is 1. The maximum atomic E-state index is 14.4. The summed E-state index contributed by atoms with van der Waals surface area (Å²) < 4.78 is 7.09. The molecule has 0 bridgehead atoms. The summed E-state index contributed by atoms with van der Waals surface area (Å²) in [5.41, 5.74) is 7.28. The van der Waals surface area contributed by atoms with Crippen LogP contribution in [0.25, 0.3) is 6.08 Å². The first-order chi connectivity index (χ1) is 24.8. The molecule has 7 nitrogen and oxygen atoms in total. The van der Waals surface area contributed by atoms with Crippen LogP contribution in [-0.4, -0.2) is 30.9 Å². The standard InChI is InChI=1S/C42H33BrClN3O4/c43-30-13-11-26(12-14-30)25-51-38-16-15-31(44)21-29(38)22-37-40(48)45-42(50)47(41(37)49)32-23-35-33(27-7-3-1-4-8-27)17-19-46-20-18-34(36(24-32)39(35)46)28-9-5-2-6-10-28/h1-16,21-24,33-34H,17-20,25H2,(H,45,48,50)/b37-22+/t33-,34+. The minimum absolute atomic E-state index is 0.0714. The van der Waals surface area contributed by atoms with E-state index < -0.39 is 17.8 Å². The number of carbonyl (C=O) groups excluding carboxylic acids is 3. The van der Waals surface area contributed by atoms with Gasteiger partial charge in [0.25, 0.3) is 11.8 Å². The van der Waals surface area contributed by atoms with Crippen molar-refractivity contribution in [2.45, 2.75) is 31.3 Å². The summed E-state index contributed by atoms with van der Waals surface area (Å²) in [5, 5.41) is 2.83. The number of nitrogens with one attached hydrogen (secondary N) is 1. The molecule has 0 radical (unpaired) electrons. The molecule has 0 aromatic heterocycles. The fourth-order valence-corrected chi connectivity index (χ4v) is 7.97. The smallest absolute Gasteiger partial charge is 0.335 e. The van der Waals surface area contributed by atoms with Crippen molar-refractivity contribution in [1.29, 1.82) is 0 Å². The second-order valence-corrected chi connectivity index (χ2v) is 14.4. The largest absolute Gasteiger partial charge is 0.488 e. The zero-order valence-corrected chi connectivity index (χ0v) is 29.9. The van der Waals surface area contributed by atoms with Crippen LogP contribution in [0.3, 0.4) is 0 Å². The van der Waals surface area contributed by atoms with Crippen molar-refractivity contribution >= 4 is 62.8 Å². The van der Waals surface area contributed by atoms with Gasteiger partial charge in [0.1, 0.15) is 17.9 Å². The number of carbonyl (C=O) groups is 3. The van der Waals surface area contributed by atoms with Crippen LogP contribution in [0.1, 0.15) is 58.1 Å². The Morgan fingerprint density at radius 1 is 0.784 bits per heavy atom. The van der Waals surface area contributed by atoms with Gasteiger partial charge in [-0.1, -0.05) is 100 Å². The molecule has 0 unspecified atom stereocenters. The van der Waals surface area contributed by atoms with E-state index in [0.717, 1.165) is 52.0 Å². The van der Waals surface area contributed by atoms with Crippen LogP contribution in [0.2, 0.25) is 5.02 Å². The zero-order chi connectivity index (χ0) is 35.1. The van der Waals surface area contributed by atoms with Gasteiger partial charge in [0.05, 0.1) is 5.69 Å². The predicted molar refractivity (Wildman–Crippen MR) is 203 cm³/mol. The van der Waals surface area contributed by atoms with Crippen molar-refractivity contribution in [3.8, 4) is 5.75 Å². The average Bonchev–Trinajstić information content (AvgIpc) is 3.14. The summed E-state index contributed by atoms with van der Waals surface area (Å²) in [6.07, 6.45) is 3.25. The van der Waals surface area contributed by atoms with Crippen LogP contribution in [0.5, 0.6) is 5.75 Å². The summed E-state index contributed by atoms with van der Waals surface area (Å²) >= 11 is 9.84. The number of hydrogen-bond acceptors (Lipinski definition) is 5. The van der Waals surface area contributed by atoms with E-state index in [0.29, 0.717) is 22.0 Å². The minimum Gasteiger partial charge on any atom is -0.488 e. The molecular formula is C42H33BrClN3O4. The lowest BCUT2D eigenvalue weighted by Crippen LogP contribution is -2.54. The summed E-state index contributed by atoms with van der Waals surface area (Å²) in [5.74, 6) is -0.918. The van der Waals surface area contributed by atoms with Crippen molar-refractivity contribution in [3.63, 3.8) is 0 Å². The van der Waals surface area contributed by atoms with E-state index in [1.165, 1.54) is 22.9 Å². The Balaban J connectivity index is 1.21.